The van der Waals surface area contributed by atoms with Crippen LogP contribution in [-0.4, -0.2) is 56.2 Å². The van der Waals surface area contributed by atoms with Gasteiger partial charge in [-0.05, 0) is 18.3 Å². The maximum atomic E-state index is 13.2. The van der Waals surface area contributed by atoms with Gasteiger partial charge in [-0.15, -0.1) is 0 Å². The van der Waals surface area contributed by atoms with Gasteiger partial charge in [0.1, 0.15) is 11.3 Å². The average Bonchev–Trinajstić information content (AvgIpc) is 3.01. The minimum atomic E-state index is -1.91. The molecular weight excluding hydrogens is 392 g/mol. The van der Waals surface area contributed by atoms with E-state index in [2.05, 4.69) is 11.7 Å². The van der Waals surface area contributed by atoms with Crippen LogP contribution in [0.5, 0.6) is 0 Å². The standard InChI is InChI=1S/C22H34O8/c1-7-8-11-21(2,3)16(23)10-9-14-12-15(19(26)29-5)18(25)22(14,20(27)30-6)13-17(24)28-4/h9-10,14-16,23H,7-8,11-13H2,1-6H3/t14-,15-,16?,22?/m0/s1. The smallest absolute Gasteiger partial charge is 0.320 e. The van der Waals surface area contributed by atoms with Crippen molar-refractivity contribution in [1.82, 2.24) is 0 Å². The maximum Gasteiger partial charge on any atom is 0.320 e. The lowest BCUT2D eigenvalue weighted by molar-refractivity contribution is -0.166. The molecule has 1 fully saturated rings. The van der Waals surface area contributed by atoms with Crippen molar-refractivity contribution in [3.8, 4) is 0 Å². The lowest BCUT2D eigenvalue weighted by Crippen LogP contribution is -2.45. The van der Waals surface area contributed by atoms with Gasteiger partial charge in [0.05, 0.1) is 33.9 Å². The number of carbonyl (C=O) groups excluding carboxylic acids is 4. The maximum absolute atomic E-state index is 13.2. The predicted molar refractivity (Wildman–Crippen MR) is 108 cm³/mol. The highest BCUT2D eigenvalue weighted by atomic mass is 16.5. The van der Waals surface area contributed by atoms with Gasteiger partial charge in [-0.2, -0.15) is 0 Å². The molecule has 0 heterocycles. The van der Waals surface area contributed by atoms with E-state index < -0.39 is 58.9 Å². The van der Waals surface area contributed by atoms with Gasteiger partial charge in [-0.1, -0.05) is 45.8 Å². The van der Waals surface area contributed by atoms with Crippen molar-refractivity contribution < 1.29 is 38.5 Å². The second-order valence-electron chi connectivity index (χ2n) is 8.42. The van der Waals surface area contributed by atoms with Crippen molar-refractivity contribution >= 4 is 23.7 Å². The largest absolute Gasteiger partial charge is 0.469 e. The minimum Gasteiger partial charge on any atom is -0.469 e. The van der Waals surface area contributed by atoms with Crippen molar-refractivity contribution in [3.05, 3.63) is 12.2 Å². The summed E-state index contributed by atoms with van der Waals surface area (Å²) in [6.45, 7) is 5.92. The number of ketones is 1. The summed E-state index contributed by atoms with van der Waals surface area (Å²) in [4.78, 5) is 50.1. The molecule has 0 saturated heterocycles. The summed E-state index contributed by atoms with van der Waals surface area (Å²) in [5.41, 5.74) is -2.34. The van der Waals surface area contributed by atoms with Crippen LogP contribution in [0.1, 0.15) is 52.9 Å². The van der Waals surface area contributed by atoms with Crippen LogP contribution in [0.15, 0.2) is 12.2 Å². The third-order valence-electron chi connectivity index (χ3n) is 6.07. The normalized spacial score (nSPS) is 25.2. The number of carbonyl (C=O) groups is 4. The summed E-state index contributed by atoms with van der Waals surface area (Å²) in [5.74, 6) is -5.25. The molecule has 2 unspecified atom stereocenters. The van der Waals surface area contributed by atoms with Crippen molar-refractivity contribution in [1.29, 1.82) is 0 Å². The summed E-state index contributed by atoms with van der Waals surface area (Å²) in [5, 5.41) is 10.7. The van der Waals surface area contributed by atoms with Crippen LogP contribution in [0.3, 0.4) is 0 Å². The molecule has 4 atom stereocenters. The molecule has 0 amide bonds. The van der Waals surface area contributed by atoms with Gasteiger partial charge in [0, 0.05) is 5.92 Å². The number of aliphatic hydroxyl groups is 1. The molecule has 1 saturated carbocycles. The SMILES string of the molecule is CCCCC(C)(C)C(O)C=C[C@H]1C[C@H](C(=O)OC)C(=O)C1(CC(=O)OC)C(=O)OC. The van der Waals surface area contributed by atoms with Crippen LogP contribution in [-0.2, 0) is 33.4 Å². The molecule has 1 aliphatic rings. The third kappa shape index (κ3) is 5.28. The Hall–Kier alpha value is -2.22. The fourth-order valence-corrected chi connectivity index (χ4v) is 3.95. The molecule has 30 heavy (non-hydrogen) atoms. The zero-order valence-corrected chi connectivity index (χ0v) is 18.7. The lowest BCUT2D eigenvalue weighted by Gasteiger charge is -2.31. The highest BCUT2D eigenvalue weighted by Crippen LogP contribution is 2.49. The van der Waals surface area contributed by atoms with Crippen LogP contribution in [0.4, 0.5) is 0 Å². The number of rotatable bonds is 10. The summed E-state index contributed by atoms with van der Waals surface area (Å²) in [6, 6.07) is 0. The molecule has 1 rings (SSSR count). The van der Waals surface area contributed by atoms with E-state index in [4.69, 9.17) is 9.47 Å². The van der Waals surface area contributed by atoms with Gasteiger partial charge in [0.2, 0.25) is 0 Å². The topological polar surface area (TPSA) is 116 Å². The number of unbranched alkanes of at least 4 members (excludes halogenated alkanes) is 1. The first kappa shape index (κ1) is 25.8. The highest BCUT2D eigenvalue weighted by molar-refractivity contribution is 6.15. The Bertz CT molecular complexity index is 681. The molecule has 170 valence electrons. The number of hydrogen-bond donors (Lipinski definition) is 1. The van der Waals surface area contributed by atoms with E-state index in [1.165, 1.54) is 6.08 Å². The minimum absolute atomic E-state index is 0.0315. The molecule has 0 aromatic heterocycles. The van der Waals surface area contributed by atoms with E-state index in [9.17, 15) is 24.3 Å². The van der Waals surface area contributed by atoms with Crippen LogP contribution in [0.2, 0.25) is 0 Å². The van der Waals surface area contributed by atoms with Crippen molar-refractivity contribution in [2.75, 3.05) is 21.3 Å². The van der Waals surface area contributed by atoms with E-state index >= 15 is 0 Å². The molecule has 0 aromatic rings. The molecule has 0 bridgehead atoms. The number of methoxy groups -OCH3 is 3. The van der Waals surface area contributed by atoms with Crippen molar-refractivity contribution in [2.45, 2.75) is 59.0 Å². The summed E-state index contributed by atoms with van der Waals surface area (Å²) in [7, 11) is 3.41. The second kappa shape index (κ2) is 10.7. The number of hydrogen-bond acceptors (Lipinski definition) is 8. The van der Waals surface area contributed by atoms with Gasteiger partial charge < -0.3 is 19.3 Å². The Morgan fingerprint density at radius 2 is 1.83 bits per heavy atom. The molecule has 1 aliphatic carbocycles. The molecular formula is C22H34O8. The number of allylic oxidation sites excluding steroid dienone is 1. The number of esters is 3. The third-order valence-corrected chi connectivity index (χ3v) is 6.07. The first-order valence-electron chi connectivity index (χ1n) is 10.2. The highest BCUT2D eigenvalue weighted by Gasteiger charge is 2.62. The van der Waals surface area contributed by atoms with Gasteiger partial charge >= 0.3 is 17.9 Å². The zero-order valence-electron chi connectivity index (χ0n) is 18.7. The average molecular weight is 427 g/mol. The molecule has 1 N–H and O–H groups in total. The summed E-state index contributed by atoms with van der Waals surface area (Å²) < 4.78 is 14.3. The Morgan fingerprint density at radius 1 is 1.20 bits per heavy atom. The van der Waals surface area contributed by atoms with Crippen LogP contribution in [0, 0.1) is 22.7 Å². The second-order valence-corrected chi connectivity index (χ2v) is 8.42. The Labute approximate surface area is 177 Å². The van der Waals surface area contributed by atoms with E-state index in [-0.39, 0.29) is 6.42 Å². The summed E-state index contributed by atoms with van der Waals surface area (Å²) >= 11 is 0. The number of ether oxygens (including phenoxy) is 3. The first-order chi connectivity index (χ1) is 14.0. The molecule has 0 aliphatic heterocycles. The Morgan fingerprint density at radius 3 is 2.33 bits per heavy atom. The van der Waals surface area contributed by atoms with Gasteiger partial charge in [0.15, 0.2) is 5.78 Å². The van der Waals surface area contributed by atoms with Crippen molar-refractivity contribution in [2.24, 2.45) is 22.7 Å². The van der Waals surface area contributed by atoms with Crippen LogP contribution >= 0.6 is 0 Å². The Balaban J connectivity index is 3.37. The first-order valence-corrected chi connectivity index (χ1v) is 10.2. The number of Topliss-reactive ketones (excluding diaryl/α,β-unsaturated/α-hetero) is 1. The van der Waals surface area contributed by atoms with Gasteiger partial charge in [0.25, 0.3) is 0 Å². The Kier molecular flexibility index (Phi) is 9.21. The summed E-state index contributed by atoms with van der Waals surface area (Å²) in [6.07, 6.45) is 4.35. The monoisotopic (exact) mass is 426 g/mol. The predicted octanol–water partition coefficient (Wildman–Crippen LogP) is 2.22. The van der Waals surface area contributed by atoms with E-state index in [1.54, 1.807) is 6.08 Å². The van der Waals surface area contributed by atoms with E-state index in [0.717, 1.165) is 40.6 Å². The number of aliphatic hydroxyl groups excluding tert-OH is 1. The zero-order chi connectivity index (χ0) is 23.1. The van der Waals surface area contributed by atoms with E-state index in [0.29, 0.717) is 0 Å². The quantitative estimate of drug-likeness (QED) is 0.245. The lowest BCUT2D eigenvalue weighted by atomic mass is 9.73. The molecule has 8 heteroatoms. The molecule has 8 nitrogen and oxygen atoms in total. The van der Waals surface area contributed by atoms with E-state index in [1.807, 2.05) is 13.8 Å². The molecule has 0 aromatic carbocycles. The van der Waals surface area contributed by atoms with Crippen molar-refractivity contribution in [3.63, 3.8) is 0 Å². The fraction of sp³-hybridized carbons (Fsp3) is 0.727. The van der Waals surface area contributed by atoms with Gasteiger partial charge in [-0.3, -0.25) is 19.2 Å². The van der Waals surface area contributed by atoms with Gasteiger partial charge in [-0.25, -0.2) is 0 Å². The van der Waals surface area contributed by atoms with Crippen LogP contribution < -0.4 is 0 Å². The fourth-order valence-electron chi connectivity index (χ4n) is 3.95. The molecule has 0 radical (unpaired) electrons. The molecule has 0 spiro atoms. The van der Waals surface area contributed by atoms with Crippen LogP contribution in [0.25, 0.3) is 0 Å².